The molecule has 0 bridgehead atoms. The van der Waals surface area contributed by atoms with Gasteiger partial charge in [-0.25, -0.2) is 9.18 Å². The van der Waals surface area contributed by atoms with Gasteiger partial charge in [-0.3, -0.25) is 4.79 Å². The maximum Gasteiger partial charge on any atom is 0.337 e. The largest absolute Gasteiger partial charge is 0.465 e. The normalized spacial score (nSPS) is 10.0. The van der Waals surface area contributed by atoms with Crippen LogP contribution < -0.4 is 10.6 Å². The van der Waals surface area contributed by atoms with Crippen LogP contribution in [0, 0.1) is 5.82 Å². The molecule has 0 fully saturated rings. The lowest BCUT2D eigenvalue weighted by Crippen LogP contribution is -2.21. The molecule has 0 aliphatic heterocycles. The fourth-order valence-electron chi connectivity index (χ4n) is 1.80. The molecule has 0 unspecified atom stereocenters. The SMILES string of the molecule is COC(=O)c1ccc(NCC(=O)Nc2ccc(F)c(Cl)c2)cc1. The van der Waals surface area contributed by atoms with Crippen LogP contribution in [0.1, 0.15) is 10.4 Å². The number of hydrogen-bond acceptors (Lipinski definition) is 4. The van der Waals surface area contributed by atoms with Crippen molar-refractivity contribution in [2.24, 2.45) is 0 Å². The number of methoxy groups -OCH3 is 1. The van der Waals surface area contributed by atoms with Gasteiger partial charge in [0.1, 0.15) is 5.82 Å². The van der Waals surface area contributed by atoms with Crippen molar-refractivity contribution in [2.75, 3.05) is 24.3 Å². The number of ether oxygens (including phenoxy) is 1. The minimum atomic E-state index is -0.548. The van der Waals surface area contributed by atoms with Gasteiger partial charge in [0, 0.05) is 11.4 Å². The molecule has 2 N–H and O–H groups in total. The molecule has 23 heavy (non-hydrogen) atoms. The predicted octanol–water partition coefficient (Wildman–Crippen LogP) is 3.32. The zero-order chi connectivity index (χ0) is 16.8. The van der Waals surface area contributed by atoms with Gasteiger partial charge in [0.25, 0.3) is 0 Å². The van der Waals surface area contributed by atoms with Gasteiger partial charge < -0.3 is 15.4 Å². The van der Waals surface area contributed by atoms with Crippen molar-refractivity contribution in [1.82, 2.24) is 0 Å². The molecule has 0 saturated heterocycles. The summed E-state index contributed by atoms with van der Waals surface area (Å²) < 4.78 is 17.6. The molecule has 0 radical (unpaired) electrons. The van der Waals surface area contributed by atoms with Crippen LogP contribution in [0.3, 0.4) is 0 Å². The van der Waals surface area contributed by atoms with E-state index in [2.05, 4.69) is 15.4 Å². The highest BCUT2D eigenvalue weighted by molar-refractivity contribution is 6.31. The van der Waals surface area contributed by atoms with Crippen LogP contribution in [0.2, 0.25) is 5.02 Å². The minimum Gasteiger partial charge on any atom is -0.465 e. The number of carbonyl (C=O) groups is 2. The summed E-state index contributed by atoms with van der Waals surface area (Å²) in [4.78, 5) is 23.1. The van der Waals surface area contributed by atoms with E-state index < -0.39 is 11.8 Å². The lowest BCUT2D eigenvalue weighted by atomic mass is 10.2. The standard InChI is InChI=1S/C16H14ClFN2O3/c1-23-16(22)10-2-4-11(5-3-10)19-9-15(21)20-12-6-7-14(18)13(17)8-12/h2-8,19H,9H2,1H3,(H,20,21). The van der Waals surface area contributed by atoms with Crippen molar-refractivity contribution in [3.63, 3.8) is 0 Å². The van der Waals surface area contributed by atoms with Crippen LogP contribution in [0.15, 0.2) is 42.5 Å². The quantitative estimate of drug-likeness (QED) is 0.822. The Morgan fingerprint density at radius 2 is 1.78 bits per heavy atom. The molecule has 0 aromatic heterocycles. The first-order valence-corrected chi connectivity index (χ1v) is 7.04. The first-order chi connectivity index (χ1) is 11.0. The maximum atomic E-state index is 13.0. The summed E-state index contributed by atoms with van der Waals surface area (Å²) in [6, 6.07) is 10.4. The van der Waals surface area contributed by atoms with Crippen LogP contribution >= 0.6 is 11.6 Å². The Kier molecular flexibility index (Phi) is 5.54. The molecule has 7 heteroatoms. The predicted molar refractivity (Wildman–Crippen MR) is 86.3 cm³/mol. The molecule has 2 aromatic rings. The molecular weight excluding hydrogens is 323 g/mol. The number of hydrogen-bond donors (Lipinski definition) is 2. The maximum absolute atomic E-state index is 13.0. The first kappa shape index (κ1) is 16.8. The van der Waals surface area contributed by atoms with Crippen molar-refractivity contribution in [3.8, 4) is 0 Å². The molecular formula is C16H14ClFN2O3. The monoisotopic (exact) mass is 336 g/mol. The van der Waals surface area contributed by atoms with Gasteiger partial charge in [0.15, 0.2) is 0 Å². The summed E-state index contributed by atoms with van der Waals surface area (Å²) in [5.41, 5.74) is 1.50. The second-order valence-electron chi connectivity index (χ2n) is 4.60. The third kappa shape index (κ3) is 4.69. The van der Waals surface area contributed by atoms with Crippen LogP contribution in [-0.4, -0.2) is 25.5 Å². The number of amides is 1. The molecule has 2 rings (SSSR count). The second-order valence-corrected chi connectivity index (χ2v) is 5.01. The summed E-state index contributed by atoms with van der Waals surface area (Å²) in [7, 11) is 1.31. The van der Waals surface area contributed by atoms with E-state index >= 15 is 0 Å². The van der Waals surface area contributed by atoms with Crippen molar-refractivity contribution in [2.45, 2.75) is 0 Å². The fourth-order valence-corrected chi connectivity index (χ4v) is 1.98. The average molecular weight is 337 g/mol. The van der Waals surface area contributed by atoms with Crippen LogP contribution in [0.25, 0.3) is 0 Å². The molecule has 0 spiro atoms. The molecule has 0 saturated carbocycles. The van der Waals surface area contributed by atoms with Gasteiger partial charge in [-0.15, -0.1) is 0 Å². The van der Waals surface area contributed by atoms with Crippen molar-refractivity contribution in [1.29, 1.82) is 0 Å². The van der Waals surface area contributed by atoms with Crippen molar-refractivity contribution >= 4 is 34.9 Å². The molecule has 0 aliphatic rings. The number of halogens is 2. The number of benzene rings is 2. The molecule has 0 aliphatic carbocycles. The van der Waals surface area contributed by atoms with Gasteiger partial charge in [0.05, 0.1) is 24.2 Å². The van der Waals surface area contributed by atoms with E-state index in [1.54, 1.807) is 24.3 Å². The van der Waals surface area contributed by atoms with E-state index in [4.69, 9.17) is 11.6 Å². The molecule has 0 atom stereocenters. The van der Waals surface area contributed by atoms with Gasteiger partial charge >= 0.3 is 5.97 Å². The summed E-state index contributed by atoms with van der Waals surface area (Å²) in [5.74, 6) is -1.29. The van der Waals surface area contributed by atoms with Crippen LogP contribution in [0.4, 0.5) is 15.8 Å². The third-order valence-corrected chi connectivity index (χ3v) is 3.25. The Labute approximate surface area is 137 Å². The van der Waals surface area contributed by atoms with E-state index in [1.165, 1.54) is 25.3 Å². The van der Waals surface area contributed by atoms with E-state index in [1.807, 2.05) is 0 Å². The minimum absolute atomic E-state index is 0.00651. The Bertz CT molecular complexity index is 720. The number of anilines is 2. The van der Waals surface area contributed by atoms with Crippen molar-refractivity contribution in [3.05, 3.63) is 58.9 Å². The third-order valence-electron chi connectivity index (χ3n) is 2.96. The highest BCUT2D eigenvalue weighted by Gasteiger charge is 2.07. The molecule has 0 heterocycles. The number of rotatable bonds is 5. The Hall–Kier alpha value is -2.60. The topological polar surface area (TPSA) is 67.4 Å². The number of carbonyl (C=O) groups excluding carboxylic acids is 2. The smallest absolute Gasteiger partial charge is 0.337 e. The van der Waals surface area contributed by atoms with E-state index in [0.717, 1.165) is 0 Å². The van der Waals surface area contributed by atoms with Crippen LogP contribution in [0.5, 0.6) is 0 Å². The molecule has 5 nitrogen and oxygen atoms in total. The van der Waals surface area contributed by atoms with Crippen LogP contribution in [-0.2, 0) is 9.53 Å². The lowest BCUT2D eigenvalue weighted by Gasteiger charge is -2.09. The zero-order valence-corrected chi connectivity index (χ0v) is 13.0. The molecule has 2 aromatic carbocycles. The van der Waals surface area contributed by atoms with Gasteiger partial charge in [-0.2, -0.15) is 0 Å². The highest BCUT2D eigenvalue weighted by Crippen LogP contribution is 2.19. The molecule has 1 amide bonds. The van der Waals surface area contributed by atoms with Gasteiger partial charge in [0.2, 0.25) is 5.91 Å². The summed E-state index contributed by atoms with van der Waals surface area (Å²) in [6.45, 7) is 0.00651. The molecule has 120 valence electrons. The summed E-state index contributed by atoms with van der Waals surface area (Å²) in [6.07, 6.45) is 0. The number of esters is 1. The Morgan fingerprint density at radius 3 is 2.39 bits per heavy atom. The van der Waals surface area contributed by atoms with Gasteiger partial charge in [-0.1, -0.05) is 11.6 Å². The fraction of sp³-hybridized carbons (Fsp3) is 0.125. The lowest BCUT2D eigenvalue weighted by molar-refractivity contribution is -0.114. The first-order valence-electron chi connectivity index (χ1n) is 6.67. The zero-order valence-electron chi connectivity index (χ0n) is 12.2. The van der Waals surface area contributed by atoms with Gasteiger partial charge in [-0.05, 0) is 42.5 Å². The van der Waals surface area contributed by atoms with E-state index in [0.29, 0.717) is 16.9 Å². The Morgan fingerprint density at radius 1 is 1.13 bits per heavy atom. The Balaban J connectivity index is 1.88. The summed E-state index contributed by atoms with van der Waals surface area (Å²) >= 11 is 5.64. The second kappa shape index (κ2) is 7.60. The highest BCUT2D eigenvalue weighted by atomic mass is 35.5. The van der Waals surface area contributed by atoms with Crippen molar-refractivity contribution < 1.29 is 18.7 Å². The van der Waals surface area contributed by atoms with E-state index in [-0.39, 0.29) is 17.5 Å². The number of nitrogens with one attached hydrogen (secondary N) is 2. The average Bonchev–Trinajstić information content (AvgIpc) is 2.56. The summed E-state index contributed by atoms with van der Waals surface area (Å²) in [5, 5.41) is 5.43. The van der Waals surface area contributed by atoms with E-state index in [9.17, 15) is 14.0 Å².